The Morgan fingerprint density at radius 3 is 2.46 bits per heavy atom. The molecule has 0 bridgehead atoms. The minimum absolute atomic E-state index is 0.0619. The van der Waals surface area contributed by atoms with Crippen LogP contribution < -0.4 is 4.74 Å². The van der Waals surface area contributed by atoms with Gasteiger partial charge in [-0.05, 0) is 55.2 Å². The molecule has 150 valence electrons. The van der Waals surface area contributed by atoms with E-state index in [1.807, 2.05) is 12.1 Å². The van der Waals surface area contributed by atoms with Gasteiger partial charge >= 0.3 is 0 Å². The molecule has 2 aromatic carbocycles. The van der Waals surface area contributed by atoms with Gasteiger partial charge in [0.25, 0.3) is 0 Å². The Balaban J connectivity index is 1.80. The number of halogens is 2. The van der Waals surface area contributed by atoms with Gasteiger partial charge in [-0.1, -0.05) is 29.8 Å². The summed E-state index contributed by atoms with van der Waals surface area (Å²) in [5.74, 6) is -0.198. The van der Waals surface area contributed by atoms with E-state index in [0.29, 0.717) is 37.4 Å². The van der Waals surface area contributed by atoms with Crippen LogP contribution in [-0.2, 0) is 10.4 Å². The van der Waals surface area contributed by atoms with Crippen molar-refractivity contribution in [3.8, 4) is 5.75 Å². The Morgan fingerprint density at radius 1 is 1.25 bits per heavy atom. The topological polar surface area (TPSA) is 49.8 Å². The molecule has 1 N–H and O–H groups in total. The fraction of sp³-hybridized carbons (Fsp3) is 0.409. The van der Waals surface area contributed by atoms with Crippen LogP contribution >= 0.6 is 11.6 Å². The number of piperidine rings is 1. The zero-order chi connectivity index (χ0) is 20.3. The first-order valence-corrected chi connectivity index (χ1v) is 9.75. The minimum atomic E-state index is -0.914. The molecule has 6 heteroatoms. The molecule has 1 aliphatic heterocycles. The Kier molecular flexibility index (Phi) is 6.38. The molecule has 0 radical (unpaired) electrons. The van der Waals surface area contributed by atoms with Gasteiger partial charge < -0.3 is 9.84 Å². The first kappa shape index (κ1) is 20.8. The van der Waals surface area contributed by atoms with Crippen LogP contribution in [0.2, 0.25) is 5.02 Å². The molecule has 1 fully saturated rings. The highest BCUT2D eigenvalue weighted by molar-refractivity contribution is 6.30. The zero-order valence-electron chi connectivity index (χ0n) is 16.1. The molecule has 1 aliphatic rings. The van der Waals surface area contributed by atoms with E-state index in [4.69, 9.17) is 16.3 Å². The highest BCUT2D eigenvalue weighted by Gasteiger charge is 2.36. The lowest BCUT2D eigenvalue weighted by Crippen LogP contribution is -2.44. The maximum absolute atomic E-state index is 13.8. The highest BCUT2D eigenvalue weighted by Crippen LogP contribution is 2.38. The number of rotatable bonds is 6. The number of ketones is 1. The number of carbonyl (C=O) groups excluding carboxylic acids is 1. The number of carbonyl (C=O) groups is 1. The maximum Gasteiger partial charge on any atom is 0.165 e. The molecule has 0 aromatic heterocycles. The molecule has 1 unspecified atom stereocenters. The van der Waals surface area contributed by atoms with Crippen LogP contribution in [0.4, 0.5) is 4.39 Å². The number of Topliss-reactive ketones (excluding diaryl/α,β-unsaturated/α-hetero) is 1. The van der Waals surface area contributed by atoms with E-state index in [1.165, 1.54) is 13.2 Å². The summed E-state index contributed by atoms with van der Waals surface area (Å²) in [7, 11) is 1.43. The Hall–Kier alpha value is -1.95. The molecule has 1 atom stereocenters. The van der Waals surface area contributed by atoms with Crippen molar-refractivity contribution < 1.29 is 19.0 Å². The second-order valence-corrected chi connectivity index (χ2v) is 7.83. The molecule has 0 spiro atoms. The van der Waals surface area contributed by atoms with Crippen LogP contribution in [0.5, 0.6) is 5.75 Å². The van der Waals surface area contributed by atoms with E-state index in [2.05, 4.69) is 4.90 Å². The summed E-state index contributed by atoms with van der Waals surface area (Å²) in [4.78, 5) is 14.1. The summed E-state index contributed by atoms with van der Waals surface area (Å²) in [6, 6.07) is 11.8. The minimum Gasteiger partial charge on any atom is -0.494 e. The van der Waals surface area contributed by atoms with Gasteiger partial charge in [-0.3, -0.25) is 9.69 Å². The predicted octanol–water partition coefficient (Wildman–Crippen LogP) is 4.49. The lowest BCUT2D eigenvalue weighted by molar-refractivity contribution is -0.118. The SMILES string of the molecule is COc1cc(C(CC(C)=O)N2CCC(O)(c3ccc(Cl)cc3)CC2)ccc1F. The van der Waals surface area contributed by atoms with E-state index >= 15 is 0 Å². The van der Waals surface area contributed by atoms with Crippen molar-refractivity contribution in [2.24, 2.45) is 0 Å². The number of hydrogen-bond acceptors (Lipinski definition) is 4. The zero-order valence-corrected chi connectivity index (χ0v) is 16.9. The van der Waals surface area contributed by atoms with Crippen molar-refractivity contribution in [3.05, 3.63) is 64.4 Å². The normalized spacial score (nSPS) is 17.9. The molecule has 0 amide bonds. The number of methoxy groups -OCH3 is 1. The number of ether oxygens (including phenoxy) is 1. The van der Waals surface area contributed by atoms with Crippen LogP contribution in [-0.4, -0.2) is 36.0 Å². The third kappa shape index (κ3) is 4.54. The van der Waals surface area contributed by atoms with Crippen LogP contribution in [0.1, 0.15) is 43.4 Å². The standard InChI is InChI=1S/C22H25ClFNO3/c1-15(26)13-20(16-3-8-19(24)21(14-16)28-2)25-11-9-22(27,10-12-25)17-4-6-18(23)7-5-17/h3-8,14,20,27H,9-13H2,1-2H3. The van der Waals surface area contributed by atoms with Crippen molar-refractivity contribution in [1.29, 1.82) is 0 Å². The molecule has 0 saturated carbocycles. The largest absolute Gasteiger partial charge is 0.494 e. The second-order valence-electron chi connectivity index (χ2n) is 7.39. The first-order chi connectivity index (χ1) is 13.3. The average molecular weight is 406 g/mol. The molecule has 1 heterocycles. The van der Waals surface area contributed by atoms with E-state index in [0.717, 1.165) is 11.1 Å². The van der Waals surface area contributed by atoms with E-state index in [1.54, 1.807) is 31.2 Å². The van der Waals surface area contributed by atoms with E-state index < -0.39 is 11.4 Å². The van der Waals surface area contributed by atoms with Crippen LogP contribution in [0.15, 0.2) is 42.5 Å². The number of nitrogens with zero attached hydrogens (tertiary/aromatic N) is 1. The highest BCUT2D eigenvalue weighted by atomic mass is 35.5. The summed E-state index contributed by atoms with van der Waals surface area (Å²) in [5.41, 5.74) is 0.774. The lowest BCUT2D eigenvalue weighted by atomic mass is 9.83. The smallest absolute Gasteiger partial charge is 0.165 e. The van der Waals surface area contributed by atoms with Gasteiger partial charge in [-0.25, -0.2) is 4.39 Å². The van der Waals surface area contributed by atoms with Crippen molar-refractivity contribution in [3.63, 3.8) is 0 Å². The Bertz CT molecular complexity index is 832. The summed E-state index contributed by atoms with van der Waals surface area (Å²) < 4.78 is 18.9. The number of hydrogen-bond donors (Lipinski definition) is 1. The Morgan fingerprint density at radius 2 is 1.89 bits per heavy atom. The van der Waals surface area contributed by atoms with Gasteiger partial charge in [-0.15, -0.1) is 0 Å². The van der Waals surface area contributed by atoms with Crippen LogP contribution in [0, 0.1) is 5.82 Å². The summed E-state index contributed by atoms with van der Waals surface area (Å²) in [6.45, 7) is 2.80. The molecule has 4 nitrogen and oxygen atoms in total. The van der Waals surface area contributed by atoms with E-state index in [-0.39, 0.29) is 17.6 Å². The Labute approximate surface area is 169 Å². The molecular weight excluding hydrogens is 381 g/mol. The molecule has 3 rings (SSSR count). The predicted molar refractivity (Wildman–Crippen MR) is 107 cm³/mol. The molecular formula is C22H25ClFNO3. The van der Waals surface area contributed by atoms with E-state index in [9.17, 15) is 14.3 Å². The molecule has 2 aromatic rings. The van der Waals surface area contributed by atoms with Gasteiger partial charge in [0.2, 0.25) is 0 Å². The monoisotopic (exact) mass is 405 g/mol. The average Bonchev–Trinajstić information content (AvgIpc) is 2.68. The molecule has 28 heavy (non-hydrogen) atoms. The van der Waals surface area contributed by atoms with Gasteiger partial charge in [0.15, 0.2) is 11.6 Å². The molecule has 0 aliphatic carbocycles. The quantitative estimate of drug-likeness (QED) is 0.769. The van der Waals surface area contributed by atoms with Crippen molar-refractivity contribution in [2.45, 2.75) is 37.8 Å². The van der Waals surface area contributed by atoms with Gasteiger partial charge in [0.1, 0.15) is 5.78 Å². The van der Waals surface area contributed by atoms with Gasteiger partial charge in [-0.2, -0.15) is 0 Å². The molecule has 1 saturated heterocycles. The summed E-state index contributed by atoms with van der Waals surface area (Å²) in [5, 5.41) is 11.7. The third-order valence-electron chi connectivity index (χ3n) is 5.49. The van der Waals surface area contributed by atoms with Crippen molar-refractivity contribution in [2.75, 3.05) is 20.2 Å². The van der Waals surface area contributed by atoms with Crippen LogP contribution in [0.25, 0.3) is 0 Å². The fourth-order valence-electron chi connectivity index (χ4n) is 3.87. The maximum atomic E-state index is 13.8. The van der Waals surface area contributed by atoms with Gasteiger partial charge in [0.05, 0.1) is 12.7 Å². The fourth-order valence-corrected chi connectivity index (χ4v) is 3.99. The van der Waals surface area contributed by atoms with Gasteiger partial charge in [0, 0.05) is 30.6 Å². The number of benzene rings is 2. The summed E-state index contributed by atoms with van der Waals surface area (Å²) in [6.07, 6.45) is 1.41. The van der Waals surface area contributed by atoms with Crippen molar-refractivity contribution in [1.82, 2.24) is 4.90 Å². The number of aliphatic hydroxyl groups is 1. The summed E-state index contributed by atoms with van der Waals surface area (Å²) >= 11 is 5.95. The van der Waals surface area contributed by atoms with Crippen molar-refractivity contribution >= 4 is 17.4 Å². The lowest BCUT2D eigenvalue weighted by Gasteiger charge is -2.42. The third-order valence-corrected chi connectivity index (χ3v) is 5.74. The second kappa shape index (κ2) is 8.60. The first-order valence-electron chi connectivity index (χ1n) is 9.38. The number of likely N-dealkylation sites (tertiary alicyclic amines) is 1. The van der Waals surface area contributed by atoms with Crippen LogP contribution in [0.3, 0.4) is 0 Å².